The van der Waals surface area contributed by atoms with Crippen molar-refractivity contribution in [1.29, 1.82) is 0 Å². The molecule has 0 amide bonds. The Bertz CT molecular complexity index is 353. The Morgan fingerprint density at radius 1 is 1.42 bits per heavy atom. The average Bonchev–Trinajstić information content (AvgIpc) is 2.75. The van der Waals surface area contributed by atoms with Gasteiger partial charge in [-0.25, -0.2) is 4.98 Å². The molecule has 0 spiro atoms. The molecule has 12 heavy (non-hydrogen) atoms. The van der Waals surface area contributed by atoms with Gasteiger partial charge in [0.05, 0.1) is 17.2 Å². The molecule has 2 aromatic rings. The van der Waals surface area contributed by atoms with Gasteiger partial charge in [-0.1, -0.05) is 6.07 Å². The van der Waals surface area contributed by atoms with Gasteiger partial charge in [-0.05, 0) is 11.4 Å². The molecule has 0 aliphatic rings. The first-order chi connectivity index (χ1) is 5.90. The Kier molecular flexibility index (Phi) is 2.21. The van der Waals surface area contributed by atoms with Gasteiger partial charge in [0.2, 0.25) is 0 Å². The van der Waals surface area contributed by atoms with E-state index in [1.54, 1.807) is 22.7 Å². The number of hydrogen-bond donors (Lipinski definition) is 1. The minimum atomic E-state index is 0.0296. The minimum absolute atomic E-state index is 0.0296. The predicted octanol–water partition coefficient (Wildman–Crippen LogP) is 2.36. The van der Waals surface area contributed by atoms with Crippen LogP contribution in [0.4, 0.5) is 0 Å². The standard InChI is InChI=1S/C8H7NOS2/c10-4-6-5-12-8(9-6)7-2-1-3-11-7/h1-3,5,10H,4H2. The second kappa shape index (κ2) is 3.35. The van der Waals surface area contributed by atoms with Crippen molar-refractivity contribution < 1.29 is 5.11 Å². The lowest BCUT2D eigenvalue weighted by molar-refractivity contribution is 0.278. The molecule has 0 saturated carbocycles. The fraction of sp³-hybridized carbons (Fsp3) is 0.125. The third kappa shape index (κ3) is 1.41. The summed E-state index contributed by atoms with van der Waals surface area (Å²) in [6.07, 6.45) is 0. The molecule has 0 saturated heterocycles. The molecular formula is C8H7NOS2. The van der Waals surface area contributed by atoms with Gasteiger partial charge in [0.15, 0.2) is 0 Å². The summed E-state index contributed by atoms with van der Waals surface area (Å²) in [6, 6.07) is 4.03. The number of aliphatic hydroxyl groups is 1. The van der Waals surface area contributed by atoms with Crippen LogP contribution in [0.5, 0.6) is 0 Å². The summed E-state index contributed by atoms with van der Waals surface area (Å²) in [5.41, 5.74) is 0.753. The molecular weight excluding hydrogens is 190 g/mol. The third-order valence-corrected chi connectivity index (χ3v) is 3.38. The van der Waals surface area contributed by atoms with Gasteiger partial charge in [-0.15, -0.1) is 22.7 Å². The molecule has 0 aliphatic heterocycles. The molecule has 2 rings (SSSR count). The van der Waals surface area contributed by atoms with E-state index in [9.17, 15) is 0 Å². The van der Waals surface area contributed by atoms with Gasteiger partial charge in [0.25, 0.3) is 0 Å². The third-order valence-electron chi connectivity index (χ3n) is 1.45. The van der Waals surface area contributed by atoms with E-state index >= 15 is 0 Å². The molecule has 0 atom stereocenters. The van der Waals surface area contributed by atoms with Crippen LogP contribution in [0.3, 0.4) is 0 Å². The van der Waals surface area contributed by atoms with E-state index in [1.807, 2.05) is 22.9 Å². The van der Waals surface area contributed by atoms with E-state index in [0.717, 1.165) is 10.7 Å². The van der Waals surface area contributed by atoms with Gasteiger partial charge in [-0.3, -0.25) is 0 Å². The maximum atomic E-state index is 8.80. The lowest BCUT2D eigenvalue weighted by Gasteiger charge is -1.86. The maximum Gasteiger partial charge on any atom is 0.133 e. The van der Waals surface area contributed by atoms with E-state index in [1.165, 1.54) is 4.88 Å². The normalized spacial score (nSPS) is 10.4. The number of hydrogen-bond acceptors (Lipinski definition) is 4. The van der Waals surface area contributed by atoms with E-state index in [-0.39, 0.29) is 6.61 Å². The molecule has 0 unspecified atom stereocenters. The first-order valence-corrected chi connectivity index (χ1v) is 5.25. The Labute approximate surface area is 78.1 Å². The molecule has 0 bridgehead atoms. The fourth-order valence-electron chi connectivity index (χ4n) is 0.893. The summed E-state index contributed by atoms with van der Waals surface area (Å²) < 4.78 is 0. The van der Waals surface area contributed by atoms with Crippen molar-refractivity contribution in [2.45, 2.75) is 6.61 Å². The zero-order valence-corrected chi connectivity index (χ0v) is 7.86. The molecule has 0 radical (unpaired) electrons. The number of rotatable bonds is 2. The topological polar surface area (TPSA) is 33.1 Å². The van der Waals surface area contributed by atoms with Crippen molar-refractivity contribution in [2.24, 2.45) is 0 Å². The van der Waals surface area contributed by atoms with Crippen molar-refractivity contribution >= 4 is 22.7 Å². The maximum absolute atomic E-state index is 8.80. The predicted molar refractivity (Wildman–Crippen MR) is 51.3 cm³/mol. The molecule has 0 aromatic carbocycles. The van der Waals surface area contributed by atoms with Crippen molar-refractivity contribution in [1.82, 2.24) is 4.98 Å². The van der Waals surface area contributed by atoms with Crippen LogP contribution in [0.15, 0.2) is 22.9 Å². The Balaban J connectivity index is 2.35. The molecule has 62 valence electrons. The molecule has 4 heteroatoms. The lowest BCUT2D eigenvalue weighted by Crippen LogP contribution is -1.80. The number of aliphatic hydroxyl groups excluding tert-OH is 1. The number of aromatic nitrogens is 1. The second-order valence-corrected chi connectivity index (χ2v) is 4.09. The van der Waals surface area contributed by atoms with Gasteiger partial charge >= 0.3 is 0 Å². The molecule has 0 aliphatic carbocycles. The van der Waals surface area contributed by atoms with Crippen molar-refractivity contribution in [2.75, 3.05) is 0 Å². The first kappa shape index (κ1) is 7.91. The number of thiazole rings is 1. The highest BCUT2D eigenvalue weighted by atomic mass is 32.1. The highest BCUT2D eigenvalue weighted by molar-refractivity contribution is 7.20. The summed E-state index contributed by atoms with van der Waals surface area (Å²) in [5.74, 6) is 0. The molecule has 2 aromatic heterocycles. The summed E-state index contributed by atoms with van der Waals surface area (Å²) in [6.45, 7) is 0.0296. The minimum Gasteiger partial charge on any atom is -0.390 e. The summed E-state index contributed by atoms with van der Waals surface area (Å²) in [4.78, 5) is 5.42. The molecule has 2 heterocycles. The molecule has 2 nitrogen and oxygen atoms in total. The van der Waals surface area contributed by atoms with E-state index < -0.39 is 0 Å². The van der Waals surface area contributed by atoms with Crippen LogP contribution < -0.4 is 0 Å². The van der Waals surface area contributed by atoms with E-state index in [0.29, 0.717) is 0 Å². The van der Waals surface area contributed by atoms with Crippen LogP contribution in [-0.2, 0) is 6.61 Å². The van der Waals surface area contributed by atoms with Crippen LogP contribution >= 0.6 is 22.7 Å². The van der Waals surface area contributed by atoms with E-state index in [2.05, 4.69) is 4.98 Å². The Morgan fingerprint density at radius 2 is 2.33 bits per heavy atom. The van der Waals surface area contributed by atoms with Crippen molar-refractivity contribution in [3.05, 3.63) is 28.6 Å². The lowest BCUT2D eigenvalue weighted by atomic mass is 10.5. The highest BCUT2D eigenvalue weighted by Gasteiger charge is 2.03. The largest absolute Gasteiger partial charge is 0.390 e. The van der Waals surface area contributed by atoms with E-state index in [4.69, 9.17) is 5.11 Å². The second-order valence-electron chi connectivity index (χ2n) is 2.28. The van der Waals surface area contributed by atoms with Crippen LogP contribution in [-0.4, -0.2) is 10.1 Å². The summed E-state index contributed by atoms with van der Waals surface area (Å²) in [5, 5.41) is 13.7. The van der Waals surface area contributed by atoms with Gasteiger partial charge in [-0.2, -0.15) is 0 Å². The number of thiophene rings is 1. The SMILES string of the molecule is OCc1csc(-c2cccs2)n1. The van der Waals surface area contributed by atoms with Crippen LogP contribution in [0.1, 0.15) is 5.69 Å². The molecule has 0 fully saturated rings. The van der Waals surface area contributed by atoms with Crippen molar-refractivity contribution in [3.8, 4) is 9.88 Å². The van der Waals surface area contributed by atoms with Crippen LogP contribution in [0.2, 0.25) is 0 Å². The van der Waals surface area contributed by atoms with Gasteiger partial charge < -0.3 is 5.11 Å². The van der Waals surface area contributed by atoms with Crippen molar-refractivity contribution in [3.63, 3.8) is 0 Å². The highest BCUT2D eigenvalue weighted by Crippen LogP contribution is 2.27. The van der Waals surface area contributed by atoms with Gasteiger partial charge in [0.1, 0.15) is 5.01 Å². The average molecular weight is 197 g/mol. The Morgan fingerprint density at radius 3 is 2.92 bits per heavy atom. The monoisotopic (exact) mass is 197 g/mol. The zero-order chi connectivity index (χ0) is 8.39. The summed E-state index contributed by atoms with van der Waals surface area (Å²) >= 11 is 3.24. The smallest absolute Gasteiger partial charge is 0.133 e. The number of nitrogens with zero attached hydrogens (tertiary/aromatic N) is 1. The quantitative estimate of drug-likeness (QED) is 0.801. The first-order valence-electron chi connectivity index (χ1n) is 3.49. The van der Waals surface area contributed by atoms with Gasteiger partial charge in [0, 0.05) is 5.38 Å². The Hall–Kier alpha value is -0.710. The fourth-order valence-corrected chi connectivity index (χ4v) is 2.52. The summed E-state index contributed by atoms with van der Waals surface area (Å²) in [7, 11) is 0. The van der Waals surface area contributed by atoms with Crippen LogP contribution in [0.25, 0.3) is 9.88 Å². The molecule has 1 N–H and O–H groups in total. The zero-order valence-electron chi connectivity index (χ0n) is 6.23. The van der Waals surface area contributed by atoms with Crippen LogP contribution in [0, 0.1) is 0 Å².